The van der Waals surface area contributed by atoms with Gasteiger partial charge in [0.15, 0.2) is 0 Å². The van der Waals surface area contributed by atoms with Crippen molar-refractivity contribution in [2.45, 2.75) is 26.4 Å². The Bertz CT molecular complexity index is 1110. The van der Waals surface area contributed by atoms with Crippen LogP contribution in [0.5, 0.6) is 5.75 Å². The Hall–Kier alpha value is -2.49. The summed E-state index contributed by atoms with van der Waals surface area (Å²) in [7, 11) is -2.37. The zero-order valence-electron chi connectivity index (χ0n) is 18.8. The average Bonchev–Trinajstić information content (AvgIpc) is 2.75. The standard InChI is InChI=1S/C22H27Cl2N3O5S/c1-5-25-22(29)15(2)26(13-16-9-10-17(23)11-20(16)24)21(28)14-27(33(4,30)31)18-7-6-8-19(12-18)32-3/h6-12,15H,5,13-14H2,1-4H3,(H,25,29)/t15-/m1/s1. The fourth-order valence-corrected chi connectivity index (χ4v) is 4.43. The summed E-state index contributed by atoms with van der Waals surface area (Å²) in [4.78, 5) is 27.2. The van der Waals surface area contributed by atoms with Crippen molar-refractivity contribution >= 4 is 50.7 Å². The summed E-state index contributed by atoms with van der Waals surface area (Å²) in [5.41, 5.74) is 0.832. The third-order valence-corrected chi connectivity index (χ3v) is 6.62. The number of likely N-dealkylation sites (N-methyl/N-ethyl adjacent to an activating group) is 1. The molecule has 0 bridgehead atoms. The van der Waals surface area contributed by atoms with E-state index < -0.39 is 28.5 Å². The van der Waals surface area contributed by atoms with Crippen molar-refractivity contribution in [3.05, 3.63) is 58.1 Å². The van der Waals surface area contributed by atoms with Crippen LogP contribution in [-0.2, 0) is 26.2 Å². The molecule has 11 heteroatoms. The second-order valence-corrected chi connectivity index (χ2v) is 10.0. The lowest BCUT2D eigenvalue weighted by Gasteiger charge is -2.31. The Morgan fingerprint density at radius 2 is 1.85 bits per heavy atom. The number of ether oxygens (including phenoxy) is 1. The van der Waals surface area contributed by atoms with Gasteiger partial charge in [-0.3, -0.25) is 13.9 Å². The molecule has 0 fully saturated rings. The molecule has 0 radical (unpaired) electrons. The summed E-state index contributed by atoms with van der Waals surface area (Å²) >= 11 is 12.3. The summed E-state index contributed by atoms with van der Waals surface area (Å²) in [5, 5.41) is 3.45. The number of benzene rings is 2. The van der Waals surface area contributed by atoms with Crippen LogP contribution in [0.15, 0.2) is 42.5 Å². The molecular weight excluding hydrogens is 489 g/mol. The Morgan fingerprint density at radius 1 is 1.15 bits per heavy atom. The number of halogens is 2. The number of nitrogens with zero attached hydrogens (tertiary/aromatic N) is 2. The number of rotatable bonds is 10. The van der Waals surface area contributed by atoms with E-state index in [1.54, 1.807) is 44.2 Å². The van der Waals surface area contributed by atoms with Crippen LogP contribution in [0, 0.1) is 0 Å². The van der Waals surface area contributed by atoms with Gasteiger partial charge in [0.2, 0.25) is 21.8 Å². The van der Waals surface area contributed by atoms with E-state index in [9.17, 15) is 18.0 Å². The van der Waals surface area contributed by atoms with Gasteiger partial charge in [0, 0.05) is 29.2 Å². The van der Waals surface area contributed by atoms with Gasteiger partial charge >= 0.3 is 0 Å². The van der Waals surface area contributed by atoms with Crippen LogP contribution in [-0.4, -0.2) is 57.6 Å². The average molecular weight is 516 g/mol. The fraction of sp³-hybridized carbons (Fsp3) is 0.364. The van der Waals surface area contributed by atoms with Crippen LogP contribution in [0.25, 0.3) is 0 Å². The lowest BCUT2D eigenvalue weighted by molar-refractivity contribution is -0.139. The predicted molar refractivity (Wildman–Crippen MR) is 130 cm³/mol. The van der Waals surface area contributed by atoms with E-state index in [0.717, 1.165) is 10.6 Å². The predicted octanol–water partition coefficient (Wildman–Crippen LogP) is 3.32. The highest BCUT2D eigenvalue weighted by molar-refractivity contribution is 7.92. The number of hydrogen-bond donors (Lipinski definition) is 1. The highest BCUT2D eigenvalue weighted by atomic mass is 35.5. The largest absolute Gasteiger partial charge is 0.497 e. The monoisotopic (exact) mass is 515 g/mol. The van der Waals surface area contributed by atoms with Crippen molar-refractivity contribution < 1.29 is 22.7 Å². The first-order valence-electron chi connectivity index (χ1n) is 10.1. The zero-order chi connectivity index (χ0) is 24.8. The van der Waals surface area contributed by atoms with E-state index >= 15 is 0 Å². The van der Waals surface area contributed by atoms with Crippen molar-refractivity contribution in [1.29, 1.82) is 0 Å². The topological polar surface area (TPSA) is 96.0 Å². The van der Waals surface area contributed by atoms with Gasteiger partial charge in [-0.25, -0.2) is 8.42 Å². The van der Waals surface area contributed by atoms with E-state index in [2.05, 4.69) is 5.32 Å². The first kappa shape index (κ1) is 26.8. The smallest absolute Gasteiger partial charge is 0.244 e. The third-order valence-electron chi connectivity index (χ3n) is 4.89. The van der Waals surface area contributed by atoms with E-state index in [4.69, 9.17) is 27.9 Å². The highest BCUT2D eigenvalue weighted by Crippen LogP contribution is 2.25. The summed E-state index contributed by atoms with van der Waals surface area (Å²) in [6.07, 6.45) is 1.01. The van der Waals surface area contributed by atoms with E-state index in [1.807, 2.05) is 0 Å². The number of carbonyl (C=O) groups is 2. The van der Waals surface area contributed by atoms with Gasteiger partial charge in [-0.15, -0.1) is 0 Å². The van der Waals surface area contributed by atoms with Crippen LogP contribution >= 0.6 is 23.2 Å². The maximum Gasteiger partial charge on any atom is 0.244 e. The van der Waals surface area contributed by atoms with E-state index in [0.29, 0.717) is 27.9 Å². The minimum atomic E-state index is -3.83. The molecule has 180 valence electrons. The number of amides is 2. The summed E-state index contributed by atoms with van der Waals surface area (Å²) in [5.74, 6) is -0.509. The molecule has 8 nitrogen and oxygen atoms in total. The Morgan fingerprint density at radius 3 is 2.42 bits per heavy atom. The normalized spacial score (nSPS) is 12.1. The number of methoxy groups -OCH3 is 1. The number of anilines is 1. The maximum atomic E-state index is 13.4. The quantitative estimate of drug-likeness (QED) is 0.523. The van der Waals surface area contributed by atoms with Gasteiger partial charge < -0.3 is 15.0 Å². The van der Waals surface area contributed by atoms with Gasteiger partial charge in [-0.2, -0.15) is 0 Å². The molecule has 1 atom stereocenters. The van der Waals surface area contributed by atoms with Crippen molar-refractivity contribution in [3.8, 4) is 5.75 Å². The molecule has 0 heterocycles. The Labute approximate surface area is 204 Å². The molecule has 0 aliphatic heterocycles. The fourth-order valence-electron chi connectivity index (χ4n) is 3.12. The minimum Gasteiger partial charge on any atom is -0.497 e. The van der Waals surface area contributed by atoms with E-state index in [-0.39, 0.29) is 18.1 Å². The number of nitrogens with one attached hydrogen (secondary N) is 1. The second kappa shape index (κ2) is 11.6. The lowest BCUT2D eigenvalue weighted by Crippen LogP contribution is -2.51. The van der Waals surface area contributed by atoms with Gasteiger partial charge in [0.05, 0.1) is 19.1 Å². The SMILES string of the molecule is CCNC(=O)[C@@H](C)N(Cc1ccc(Cl)cc1Cl)C(=O)CN(c1cccc(OC)c1)S(C)(=O)=O. The molecule has 2 aromatic rings. The van der Waals surface area contributed by atoms with Crippen molar-refractivity contribution in [2.24, 2.45) is 0 Å². The molecule has 0 aromatic heterocycles. The Balaban J connectivity index is 2.42. The summed E-state index contributed by atoms with van der Waals surface area (Å²) < 4.78 is 31.2. The van der Waals surface area contributed by atoms with Gasteiger partial charge in [0.25, 0.3) is 0 Å². The van der Waals surface area contributed by atoms with Crippen LogP contribution < -0.4 is 14.4 Å². The second-order valence-electron chi connectivity index (χ2n) is 7.30. The zero-order valence-corrected chi connectivity index (χ0v) is 21.2. The number of hydrogen-bond acceptors (Lipinski definition) is 5. The van der Waals surface area contributed by atoms with Gasteiger partial charge in [-0.05, 0) is 43.7 Å². The molecule has 0 saturated carbocycles. The Kier molecular flexibility index (Phi) is 9.39. The van der Waals surface area contributed by atoms with Crippen LogP contribution in [0.4, 0.5) is 5.69 Å². The maximum absolute atomic E-state index is 13.4. The van der Waals surface area contributed by atoms with Crippen molar-refractivity contribution in [1.82, 2.24) is 10.2 Å². The highest BCUT2D eigenvalue weighted by Gasteiger charge is 2.30. The lowest BCUT2D eigenvalue weighted by atomic mass is 10.1. The summed E-state index contributed by atoms with van der Waals surface area (Å²) in [6, 6.07) is 10.3. The van der Waals surface area contributed by atoms with Crippen molar-refractivity contribution in [2.75, 3.05) is 30.8 Å². The molecule has 0 aliphatic rings. The van der Waals surface area contributed by atoms with Gasteiger partial charge in [-0.1, -0.05) is 35.3 Å². The molecule has 0 spiro atoms. The first-order valence-corrected chi connectivity index (χ1v) is 12.7. The minimum absolute atomic E-state index is 0.0111. The summed E-state index contributed by atoms with van der Waals surface area (Å²) in [6.45, 7) is 3.19. The van der Waals surface area contributed by atoms with Crippen LogP contribution in [0.2, 0.25) is 10.0 Å². The van der Waals surface area contributed by atoms with Crippen LogP contribution in [0.1, 0.15) is 19.4 Å². The molecular formula is C22H27Cl2N3O5S. The molecule has 2 amide bonds. The van der Waals surface area contributed by atoms with E-state index in [1.165, 1.54) is 24.1 Å². The molecule has 0 aliphatic carbocycles. The van der Waals surface area contributed by atoms with Crippen LogP contribution in [0.3, 0.4) is 0 Å². The molecule has 1 N–H and O–H groups in total. The molecule has 2 aromatic carbocycles. The number of carbonyl (C=O) groups excluding carboxylic acids is 2. The van der Waals surface area contributed by atoms with Crippen molar-refractivity contribution in [3.63, 3.8) is 0 Å². The molecule has 0 unspecified atom stereocenters. The number of sulfonamides is 1. The molecule has 33 heavy (non-hydrogen) atoms. The van der Waals surface area contributed by atoms with Gasteiger partial charge in [0.1, 0.15) is 18.3 Å². The molecule has 0 saturated heterocycles. The third kappa shape index (κ3) is 7.25. The first-order chi connectivity index (χ1) is 15.5. The molecule has 2 rings (SSSR count).